The molecule has 0 saturated heterocycles. The SMILES string of the molecule is Cc1noc2nc(C(C)C)cc(C(=O)NCC(N)c3ccccc3)c12. The van der Waals surface area contributed by atoms with Gasteiger partial charge in [0.15, 0.2) is 0 Å². The summed E-state index contributed by atoms with van der Waals surface area (Å²) in [6, 6.07) is 11.2. The Balaban J connectivity index is 1.85. The van der Waals surface area contributed by atoms with Crippen molar-refractivity contribution in [1.29, 1.82) is 0 Å². The van der Waals surface area contributed by atoms with Crippen LogP contribution in [0, 0.1) is 6.92 Å². The molecular weight excluding hydrogens is 316 g/mol. The number of pyridine rings is 1. The zero-order chi connectivity index (χ0) is 18.0. The highest BCUT2D eigenvalue weighted by atomic mass is 16.5. The van der Waals surface area contributed by atoms with Crippen LogP contribution < -0.4 is 11.1 Å². The number of aryl methyl sites for hydroxylation is 1. The van der Waals surface area contributed by atoms with E-state index in [0.717, 1.165) is 11.3 Å². The van der Waals surface area contributed by atoms with E-state index in [4.69, 9.17) is 10.3 Å². The van der Waals surface area contributed by atoms with Crippen LogP contribution in [0.3, 0.4) is 0 Å². The molecule has 1 atom stereocenters. The second-order valence-corrected chi connectivity index (χ2v) is 6.42. The third-order valence-electron chi connectivity index (χ3n) is 4.18. The summed E-state index contributed by atoms with van der Waals surface area (Å²) in [5, 5.41) is 7.50. The molecule has 0 spiro atoms. The lowest BCUT2D eigenvalue weighted by atomic mass is 10.0. The maximum atomic E-state index is 12.8. The minimum Gasteiger partial charge on any atom is -0.350 e. The van der Waals surface area contributed by atoms with Gasteiger partial charge < -0.3 is 15.6 Å². The highest BCUT2D eigenvalue weighted by molar-refractivity contribution is 6.06. The van der Waals surface area contributed by atoms with Gasteiger partial charge >= 0.3 is 0 Å². The van der Waals surface area contributed by atoms with Gasteiger partial charge in [-0.05, 0) is 24.5 Å². The predicted octanol–water partition coefficient (Wildman–Crippen LogP) is 3.08. The largest absolute Gasteiger partial charge is 0.350 e. The van der Waals surface area contributed by atoms with Crippen molar-refractivity contribution in [3.63, 3.8) is 0 Å². The van der Waals surface area contributed by atoms with E-state index in [1.54, 1.807) is 13.0 Å². The van der Waals surface area contributed by atoms with Crippen molar-refractivity contribution in [3.8, 4) is 0 Å². The van der Waals surface area contributed by atoms with Crippen molar-refractivity contribution in [1.82, 2.24) is 15.5 Å². The van der Waals surface area contributed by atoms with E-state index in [9.17, 15) is 4.79 Å². The van der Waals surface area contributed by atoms with E-state index in [2.05, 4.69) is 15.5 Å². The number of benzene rings is 1. The normalized spacial score (nSPS) is 12.5. The molecule has 2 heterocycles. The highest BCUT2D eigenvalue weighted by Gasteiger charge is 2.20. The number of hydrogen-bond acceptors (Lipinski definition) is 5. The number of carbonyl (C=O) groups excluding carboxylic acids is 1. The average molecular weight is 338 g/mol. The summed E-state index contributed by atoms with van der Waals surface area (Å²) in [7, 11) is 0. The molecular formula is C19H22N4O2. The topological polar surface area (TPSA) is 94.0 Å². The van der Waals surface area contributed by atoms with Crippen LogP contribution in [0.4, 0.5) is 0 Å². The lowest BCUT2D eigenvalue weighted by molar-refractivity contribution is 0.0952. The minimum absolute atomic E-state index is 0.174. The van der Waals surface area contributed by atoms with Gasteiger partial charge in [-0.1, -0.05) is 49.3 Å². The molecule has 6 heteroatoms. The van der Waals surface area contributed by atoms with Crippen molar-refractivity contribution in [3.05, 3.63) is 58.9 Å². The van der Waals surface area contributed by atoms with Gasteiger partial charge in [0, 0.05) is 18.3 Å². The smallest absolute Gasteiger partial charge is 0.259 e. The standard InChI is InChI=1S/C19H22N4O2/c1-11(2)16-9-14(17-12(3)23-25-19(17)22-16)18(24)21-10-15(20)13-7-5-4-6-8-13/h4-9,11,15H,10,20H2,1-3H3,(H,21,24). The molecule has 0 aliphatic carbocycles. The quantitative estimate of drug-likeness (QED) is 0.745. The van der Waals surface area contributed by atoms with Crippen LogP contribution in [0.2, 0.25) is 0 Å². The van der Waals surface area contributed by atoms with Gasteiger partial charge in [-0.25, -0.2) is 4.98 Å². The number of fused-ring (bicyclic) bond motifs is 1. The van der Waals surface area contributed by atoms with Crippen molar-refractivity contribution >= 4 is 17.0 Å². The van der Waals surface area contributed by atoms with Crippen molar-refractivity contribution in [2.45, 2.75) is 32.7 Å². The fraction of sp³-hybridized carbons (Fsp3) is 0.316. The van der Waals surface area contributed by atoms with Crippen LogP contribution in [0.5, 0.6) is 0 Å². The molecule has 0 saturated carbocycles. The van der Waals surface area contributed by atoms with Crippen LogP contribution in [0.25, 0.3) is 11.1 Å². The van der Waals surface area contributed by atoms with Crippen LogP contribution >= 0.6 is 0 Å². The summed E-state index contributed by atoms with van der Waals surface area (Å²) in [4.78, 5) is 17.2. The van der Waals surface area contributed by atoms with E-state index in [1.807, 2.05) is 44.2 Å². The van der Waals surface area contributed by atoms with E-state index < -0.39 is 0 Å². The molecule has 3 aromatic rings. The van der Waals surface area contributed by atoms with Gasteiger partial charge in [0.1, 0.15) is 0 Å². The molecule has 3 N–H and O–H groups in total. The van der Waals surface area contributed by atoms with Gasteiger partial charge in [-0.15, -0.1) is 0 Å². The second kappa shape index (κ2) is 7.03. The Kier molecular flexibility index (Phi) is 4.81. The summed E-state index contributed by atoms with van der Waals surface area (Å²) in [6.45, 7) is 6.18. The Labute approximate surface area is 146 Å². The molecule has 2 aromatic heterocycles. The zero-order valence-corrected chi connectivity index (χ0v) is 14.6. The van der Waals surface area contributed by atoms with E-state index in [0.29, 0.717) is 28.9 Å². The van der Waals surface area contributed by atoms with Crippen LogP contribution in [-0.4, -0.2) is 22.6 Å². The number of amides is 1. The van der Waals surface area contributed by atoms with E-state index in [-0.39, 0.29) is 17.9 Å². The highest BCUT2D eigenvalue weighted by Crippen LogP contribution is 2.25. The van der Waals surface area contributed by atoms with Crippen molar-refractivity contribution < 1.29 is 9.32 Å². The average Bonchev–Trinajstić information content (AvgIpc) is 3.00. The summed E-state index contributed by atoms with van der Waals surface area (Å²) < 4.78 is 5.26. The van der Waals surface area contributed by atoms with Crippen LogP contribution in [0.15, 0.2) is 40.9 Å². The Morgan fingerprint density at radius 2 is 2.00 bits per heavy atom. The lowest BCUT2D eigenvalue weighted by Crippen LogP contribution is -2.32. The van der Waals surface area contributed by atoms with Crippen LogP contribution in [-0.2, 0) is 0 Å². The monoisotopic (exact) mass is 338 g/mol. The molecule has 0 bridgehead atoms. The number of nitrogens with one attached hydrogen (secondary N) is 1. The van der Waals surface area contributed by atoms with E-state index >= 15 is 0 Å². The molecule has 1 amide bonds. The third kappa shape index (κ3) is 3.53. The first-order valence-corrected chi connectivity index (χ1v) is 8.33. The number of nitrogens with zero attached hydrogens (tertiary/aromatic N) is 2. The molecule has 1 aromatic carbocycles. The Bertz CT molecular complexity index is 887. The number of hydrogen-bond donors (Lipinski definition) is 2. The molecule has 130 valence electrons. The van der Waals surface area contributed by atoms with Gasteiger partial charge in [0.05, 0.1) is 16.6 Å². The summed E-state index contributed by atoms with van der Waals surface area (Å²) >= 11 is 0. The van der Waals surface area contributed by atoms with Crippen molar-refractivity contribution in [2.75, 3.05) is 6.54 Å². The fourth-order valence-corrected chi connectivity index (χ4v) is 2.70. The number of rotatable bonds is 5. The number of aromatic nitrogens is 2. The first-order valence-electron chi connectivity index (χ1n) is 8.33. The Hall–Kier alpha value is -2.73. The molecule has 25 heavy (non-hydrogen) atoms. The molecule has 0 fully saturated rings. The van der Waals surface area contributed by atoms with Gasteiger partial charge in [-0.2, -0.15) is 0 Å². The molecule has 0 radical (unpaired) electrons. The number of carbonyl (C=O) groups is 1. The molecule has 0 aliphatic heterocycles. The summed E-state index contributed by atoms with van der Waals surface area (Å²) in [5.74, 6) is -0.0279. The van der Waals surface area contributed by atoms with Gasteiger partial charge in [-0.3, -0.25) is 4.79 Å². The molecule has 1 unspecified atom stereocenters. The van der Waals surface area contributed by atoms with Crippen molar-refractivity contribution in [2.24, 2.45) is 5.73 Å². The Morgan fingerprint density at radius 3 is 2.68 bits per heavy atom. The first kappa shape index (κ1) is 17.1. The first-order chi connectivity index (χ1) is 12.0. The lowest BCUT2D eigenvalue weighted by Gasteiger charge is -2.14. The summed E-state index contributed by atoms with van der Waals surface area (Å²) in [5.41, 5.74) is 9.49. The molecule has 0 aliphatic rings. The maximum absolute atomic E-state index is 12.8. The minimum atomic E-state index is -0.268. The predicted molar refractivity (Wildman–Crippen MR) is 96.3 cm³/mol. The third-order valence-corrected chi connectivity index (χ3v) is 4.18. The second-order valence-electron chi connectivity index (χ2n) is 6.42. The molecule has 6 nitrogen and oxygen atoms in total. The number of nitrogens with two attached hydrogens (primary N) is 1. The fourth-order valence-electron chi connectivity index (χ4n) is 2.70. The van der Waals surface area contributed by atoms with E-state index in [1.165, 1.54) is 0 Å². The maximum Gasteiger partial charge on any atom is 0.259 e. The van der Waals surface area contributed by atoms with Gasteiger partial charge in [0.25, 0.3) is 11.6 Å². The van der Waals surface area contributed by atoms with Crippen LogP contribution in [0.1, 0.15) is 53.1 Å². The van der Waals surface area contributed by atoms with Gasteiger partial charge in [0.2, 0.25) is 0 Å². The summed E-state index contributed by atoms with van der Waals surface area (Å²) in [6.07, 6.45) is 0. The molecule has 3 rings (SSSR count). The zero-order valence-electron chi connectivity index (χ0n) is 14.6. The Morgan fingerprint density at radius 1 is 1.28 bits per heavy atom.